The number of thioether (sulfide) groups is 1. The zero-order valence-corrected chi connectivity index (χ0v) is 10.9. The maximum Gasteiger partial charge on any atom is 0.232 e. The molecule has 3 nitrogen and oxygen atoms in total. The number of rotatable bonds is 3. The highest BCUT2D eigenvalue weighted by atomic mass is 32.2. The molecule has 0 aliphatic carbocycles. The Morgan fingerprint density at radius 1 is 1.24 bits per heavy atom. The van der Waals surface area contributed by atoms with Crippen LogP contribution in [0.3, 0.4) is 0 Å². The predicted octanol–water partition coefficient (Wildman–Crippen LogP) is 2.37. The van der Waals surface area contributed by atoms with Gasteiger partial charge in [0.05, 0.1) is 0 Å². The molecule has 0 spiro atoms. The topological polar surface area (TPSA) is 51.5 Å². The third kappa shape index (κ3) is 3.67. The van der Waals surface area contributed by atoms with Crippen LogP contribution in [0, 0.1) is 22.7 Å². The minimum atomic E-state index is 0.0527. The van der Waals surface area contributed by atoms with E-state index in [9.17, 15) is 0 Å². The fraction of sp³-hybridized carbons (Fsp3) is 0.0833. The van der Waals surface area contributed by atoms with Gasteiger partial charge in [-0.1, -0.05) is 6.07 Å². The molecule has 0 aliphatic heterocycles. The van der Waals surface area contributed by atoms with Gasteiger partial charge < -0.3 is 0 Å². The third-order valence-electron chi connectivity index (χ3n) is 1.93. The van der Waals surface area contributed by atoms with E-state index in [4.69, 9.17) is 10.5 Å². The summed E-state index contributed by atoms with van der Waals surface area (Å²) in [7, 11) is 0. The van der Waals surface area contributed by atoms with Crippen LogP contribution in [0.1, 0.15) is 0 Å². The minimum absolute atomic E-state index is 0.0527. The summed E-state index contributed by atoms with van der Waals surface area (Å²) in [5.41, 5.74) is 0.761. The molecular weight excluding hydrogens is 250 g/mol. The Hall–Kier alpha value is -1.69. The minimum Gasteiger partial charge on any atom is -0.192 e. The Kier molecular flexibility index (Phi) is 5.35. The first kappa shape index (κ1) is 13.4. The van der Waals surface area contributed by atoms with E-state index in [1.807, 2.05) is 53.6 Å². The van der Waals surface area contributed by atoms with E-state index in [-0.39, 0.29) is 5.57 Å². The lowest BCUT2D eigenvalue weighted by atomic mass is 10.2. The second kappa shape index (κ2) is 6.80. The maximum absolute atomic E-state index is 8.77. The zero-order chi connectivity index (χ0) is 12.7. The maximum atomic E-state index is 8.77. The molecule has 0 atom stereocenters. The molecule has 1 aromatic heterocycles. The molecule has 84 valence electrons. The average molecular weight is 260 g/mol. The van der Waals surface area contributed by atoms with Crippen molar-refractivity contribution < 1.29 is 4.57 Å². The van der Waals surface area contributed by atoms with Gasteiger partial charge in [-0.05, 0) is 6.26 Å². The van der Waals surface area contributed by atoms with Crippen LogP contribution >= 0.6 is 24.4 Å². The predicted molar refractivity (Wildman–Crippen MR) is 71.7 cm³/mol. The lowest BCUT2D eigenvalue weighted by Crippen LogP contribution is -2.30. The van der Waals surface area contributed by atoms with Crippen LogP contribution in [0.15, 0.2) is 46.5 Å². The Morgan fingerprint density at radius 3 is 2.29 bits per heavy atom. The summed E-state index contributed by atoms with van der Waals surface area (Å²) in [5, 5.41) is 17.5. The Morgan fingerprint density at radius 2 is 1.82 bits per heavy atom. The highest BCUT2D eigenvalue weighted by molar-refractivity contribution is 8.15. The van der Waals surface area contributed by atoms with Crippen LogP contribution in [-0.4, -0.2) is 6.26 Å². The Labute approximate surface area is 110 Å². The van der Waals surface area contributed by atoms with Gasteiger partial charge in [-0.3, -0.25) is 0 Å². The summed E-state index contributed by atoms with van der Waals surface area (Å²) in [6, 6.07) is 9.31. The Bertz CT molecular complexity index is 517. The molecule has 0 bridgehead atoms. The molecule has 1 aromatic rings. The quantitative estimate of drug-likeness (QED) is 0.393. The molecule has 17 heavy (non-hydrogen) atoms. The molecule has 0 saturated heterocycles. The largest absolute Gasteiger partial charge is 0.232 e. The number of pyridine rings is 1. The van der Waals surface area contributed by atoms with E-state index < -0.39 is 0 Å². The van der Waals surface area contributed by atoms with Crippen molar-refractivity contribution >= 4 is 30.1 Å². The van der Waals surface area contributed by atoms with E-state index in [0.29, 0.717) is 5.70 Å². The van der Waals surface area contributed by atoms with Gasteiger partial charge in [-0.15, -0.1) is 24.4 Å². The molecule has 5 heteroatoms. The van der Waals surface area contributed by atoms with Crippen molar-refractivity contribution in [3.05, 3.63) is 46.5 Å². The molecule has 0 N–H and O–H groups in total. The van der Waals surface area contributed by atoms with E-state index >= 15 is 0 Å². The number of hydrogen-bond acceptors (Lipinski definition) is 4. The van der Waals surface area contributed by atoms with Crippen LogP contribution in [0.2, 0.25) is 0 Å². The summed E-state index contributed by atoms with van der Waals surface area (Å²) >= 11 is 5.80. The summed E-state index contributed by atoms with van der Waals surface area (Å²) in [5.74, 6) is 0. The molecule has 0 saturated carbocycles. The molecule has 0 unspecified atom stereocenters. The van der Waals surface area contributed by atoms with Gasteiger partial charge in [0.15, 0.2) is 12.4 Å². The summed E-state index contributed by atoms with van der Waals surface area (Å²) < 4.78 is 2.55. The standard InChI is InChI=1S/C12H9N3S2/c1-17-12(16)11(7-10(8-13)9-14)15-5-3-2-4-6-15/h2-7H,1H3/p+1. The summed E-state index contributed by atoms with van der Waals surface area (Å²) in [6.07, 6.45) is 7.09. The lowest BCUT2D eigenvalue weighted by molar-refractivity contribution is -0.578. The number of hydrogen-bond donors (Lipinski definition) is 1. The third-order valence-corrected chi connectivity index (χ3v) is 3.30. The lowest BCUT2D eigenvalue weighted by Gasteiger charge is -1.99. The Balaban J connectivity index is 3.33. The number of nitrogens with zero attached hydrogens (tertiary/aromatic N) is 3. The first-order valence-electron chi connectivity index (χ1n) is 4.68. The molecule has 0 fully saturated rings. The van der Waals surface area contributed by atoms with Gasteiger partial charge in [0.1, 0.15) is 21.9 Å². The van der Waals surface area contributed by atoms with Crippen molar-refractivity contribution in [2.24, 2.45) is 0 Å². The SMILES string of the molecule is CSC(S)=C(C=C(C#N)C#N)[n+]1ccccc1. The van der Waals surface area contributed by atoms with Crippen molar-refractivity contribution in [3.63, 3.8) is 0 Å². The van der Waals surface area contributed by atoms with Crippen molar-refractivity contribution in [1.82, 2.24) is 0 Å². The van der Waals surface area contributed by atoms with Crippen LogP contribution in [0.25, 0.3) is 5.70 Å². The second-order valence-corrected chi connectivity index (χ2v) is 4.53. The first-order valence-corrected chi connectivity index (χ1v) is 6.36. The van der Waals surface area contributed by atoms with Crippen LogP contribution in [0.4, 0.5) is 0 Å². The second-order valence-electron chi connectivity index (χ2n) is 2.96. The molecule has 0 aromatic carbocycles. The van der Waals surface area contributed by atoms with Gasteiger partial charge >= 0.3 is 0 Å². The fourth-order valence-corrected chi connectivity index (χ4v) is 1.69. The smallest absolute Gasteiger partial charge is 0.192 e. The zero-order valence-electron chi connectivity index (χ0n) is 9.16. The van der Waals surface area contributed by atoms with E-state index in [0.717, 1.165) is 4.24 Å². The van der Waals surface area contributed by atoms with Gasteiger partial charge in [0.2, 0.25) is 5.70 Å². The van der Waals surface area contributed by atoms with E-state index in [1.54, 1.807) is 0 Å². The summed E-state index contributed by atoms with van der Waals surface area (Å²) in [4.78, 5) is 0. The number of nitriles is 2. The monoisotopic (exact) mass is 260 g/mol. The highest BCUT2D eigenvalue weighted by Crippen LogP contribution is 2.22. The van der Waals surface area contributed by atoms with E-state index in [2.05, 4.69) is 12.6 Å². The van der Waals surface area contributed by atoms with Gasteiger partial charge in [-0.2, -0.15) is 15.1 Å². The van der Waals surface area contributed by atoms with Crippen molar-refractivity contribution in [2.75, 3.05) is 6.26 Å². The number of allylic oxidation sites excluding steroid dienone is 3. The van der Waals surface area contributed by atoms with Crippen LogP contribution in [-0.2, 0) is 0 Å². The van der Waals surface area contributed by atoms with Crippen LogP contribution < -0.4 is 4.57 Å². The molecule has 0 amide bonds. The number of aromatic nitrogens is 1. The van der Waals surface area contributed by atoms with Crippen molar-refractivity contribution in [2.45, 2.75) is 0 Å². The van der Waals surface area contributed by atoms with Gasteiger partial charge in [-0.25, -0.2) is 0 Å². The molecule has 1 heterocycles. The van der Waals surface area contributed by atoms with E-state index in [1.165, 1.54) is 17.8 Å². The normalized spacial score (nSPS) is 10.8. The molecular formula is C12H10N3S2+. The number of thiol groups is 1. The average Bonchev–Trinajstić information content (AvgIpc) is 2.40. The van der Waals surface area contributed by atoms with Crippen molar-refractivity contribution in [1.29, 1.82) is 10.5 Å². The fourth-order valence-electron chi connectivity index (χ4n) is 1.14. The molecule has 0 aliphatic rings. The van der Waals surface area contributed by atoms with Crippen LogP contribution in [0.5, 0.6) is 0 Å². The van der Waals surface area contributed by atoms with Gasteiger partial charge in [0.25, 0.3) is 0 Å². The highest BCUT2D eigenvalue weighted by Gasteiger charge is 2.12. The van der Waals surface area contributed by atoms with Crippen molar-refractivity contribution in [3.8, 4) is 12.1 Å². The molecule has 0 radical (unpaired) electrons. The summed E-state index contributed by atoms with van der Waals surface area (Å²) in [6.45, 7) is 0. The molecule has 1 rings (SSSR count). The van der Waals surface area contributed by atoms with Gasteiger partial charge in [0, 0.05) is 18.2 Å². The first-order chi connectivity index (χ1) is 8.22.